The van der Waals surface area contributed by atoms with E-state index >= 15 is 0 Å². The van der Waals surface area contributed by atoms with Gasteiger partial charge in [-0.25, -0.2) is 14.8 Å². The van der Waals surface area contributed by atoms with Crippen LogP contribution in [0.15, 0.2) is 36.4 Å². The number of anilines is 2. The van der Waals surface area contributed by atoms with E-state index in [4.69, 9.17) is 4.98 Å². The summed E-state index contributed by atoms with van der Waals surface area (Å²) in [7, 11) is 0. The van der Waals surface area contributed by atoms with Crippen LogP contribution >= 0.6 is 0 Å². The molecule has 1 aromatic heterocycles. The number of aromatic carboxylic acids is 1. The number of hydrogen-bond donors (Lipinski definition) is 2. The number of nitrogens with zero attached hydrogens (tertiary/aromatic N) is 4. The Kier molecular flexibility index (Phi) is 5.94. The highest BCUT2D eigenvalue weighted by Crippen LogP contribution is 2.34. The van der Waals surface area contributed by atoms with Gasteiger partial charge in [0.25, 0.3) is 0 Å². The maximum absolute atomic E-state index is 11.7. The largest absolute Gasteiger partial charge is 0.478 e. The molecule has 0 radical (unpaired) electrons. The summed E-state index contributed by atoms with van der Waals surface area (Å²) in [4.78, 5) is 23.3. The molecule has 0 bridgehead atoms. The zero-order chi connectivity index (χ0) is 23.8. The topological polar surface area (TPSA) is 102 Å². The van der Waals surface area contributed by atoms with Gasteiger partial charge in [0.05, 0.1) is 17.1 Å². The summed E-state index contributed by atoms with van der Waals surface area (Å²) in [6.45, 7) is 10.2. The van der Waals surface area contributed by atoms with Crippen LogP contribution in [0.5, 0.6) is 0 Å². The van der Waals surface area contributed by atoms with Crippen molar-refractivity contribution < 1.29 is 9.90 Å². The number of rotatable bonds is 5. The molecule has 1 atom stereocenters. The fourth-order valence-corrected chi connectivity index (χ4v) is 4.37. The number of nitrogens with one attached hydrogen (secondary N) is 1. The number of carbonyl (C=O) groups is 1. The maximum atomic E-state index is 11.7. The summed E-state index contributed by atoms with van der Waals surface area (Å²) in [6, 6.07) is 12.9. The standard InChI is InChI=1S/C26H29N5O2/c1-16-13-19(17(2)28-21-8-6-5-7-18(21)24(32)33)23-20(14-16)22(15-27)29-25(30-23)31-11-9-26(3,4)10-12-31/h5-8,13-14,17,28H,9-12H2,1-4H3,(H,32,33). The van der Waals surface area contributed by atoms with Crippen molar-refractivity contribution in [1.82, 2.24) is 9.97 Å². The molecule has 0 spiro atoms. The third-order valence-corrected chi connectivity index (χ3v) is 6.46. The number of para-hydroxylation sites is 1. The number of aromatic nitrogens is 2. The summed E-state index contributed by atoms with van der Waals surface area (Å²) < 4.78 is 0. The number of fused-ring (bicyclic) bond motifs is 1. The molecule has 1 saturated heterocycles. The molecule has 1 fully saturated rings. The summed E-state index contributed by atoms with van der Waals surface area (Å²) >= 11 is 0. The van der Waals surface area contributed by atoms with E-state index < -0.39 is 5.97 Å². The lowest BCUT2D eigenvalue weighted by Gasteiger charge is -2.37. The number of carboxylic acids is 1. The Hall–Kier alpha value is -3.66. The van der Waals surface area contributed by atoms with Crippen LogP contribution in [0, 0.1) is 23.7 Å². The monoisotopic (exact) mass is 443 g/mol. The molecule has 1 unspecified atom stereocenters. The van der Waals surface area contributed by atoms with Gasteiger partial charge in [-0.05, 0) is 55.9 Å². The molecule has 170 valence electrons. The van der Waals surface area contributed by atoms with Crippen LogP contribution < -0.4 is 10.2 Å². The second kappa shape index (κ2) is 8.70. The minimum atomic E-state index is -0.983. The Morgan fingerprint density at radius 1 is 1.21 bits per heavy atom. The quantitative estimate of drug-likeness (QED) is 0.551. The molecule has 2 aromatic carbocycles. The fraction of sp³-hybridized carbons (Fsp3) is 0.385. The van der Waals surface area contributed by atoms with Gasteiger partial charge in [-0.15, -0.1) is 0 Å². The molecule has 2 heterocycles. The number of hydrogen-bond acceptors (Lipinski definition) is 6. The minimum Gasteiger partial charge on any atom is -0.478 e. The Balaban J connectivity index is 1.78. The summed E-state index contributed by atoms with van der Waals surface area (Å²) in [5, 5.41) is 23.5. The average Bonchev–Trinajstić information content (AvgIpc) is 2.78. The molecule has 0 saturated carbocycles. The molecule has 0 amide bonds. The molecular weight excluding hydrogens is 414 g/mol. The number of nitriles is 1. The first-order valence-electron chi connectivity index (χ1n) is 11.2. The Morgan fingerprint density at radius 3 is 2.58 bits per heavy atom. The molecule has 3 aromatic rings. The van der Waals surface area contributed by atoms with Gasteiger partial charge in [-0.2, -0.15) is 5.26 Å². The van der Waals surface area contributed by atoms with Gasteiger partial charge in [-0.1, -0.05) is 32.0 Å². The Morgan fingerprint density at radius 2 is 1.91 bits per heavy atom. The fourth-order valence-electron chi connectivity index (χ4n) is 4.37. The summed E-state index contributed by atoms with van der Waals surface area (Å²) in [6.07, 6.45) is 2.09. The summed E-state index contributed by atoms with van der Waals surface area (Å²) in [5.74, 6) is -0.401. The van der Waals surface area contributed by atoms with Crippen molar-refractivity contribution in [1.29, 1.82) is 5.26 Å². The molecule has 2 N–H and O–H groups in total. The molecule has 0 aliphatic carbocycles. The van der Waals surface area contributed by atoms with E-state index in [9.17, 15) is 15.2 Å². The van der Waals surface area contributed by atoms with Gasteiger partial charge in [0.1, 0.15) is 6.07 Å². The summed E-state index contributed by atoms with van der Waals surface area (Å²) in [5.41, 5.74) is 4.03. The van der Waals surface area contributed by atoms with Gasteiger partial charge in [0.2, 0.25) is 5.95 Å². The highest BCUT2D eigenvalue weighted by Gasteiger charge is 2.27. The first-order valence-corrected chi connectivity index (χ1v) is 11.2. The highest BCUT2D eigenvalue weighted by atomic mass is 16.4. The van der Waals surface area contributed by atoms with Crippen LogP contribution in [0.3, 0.4) is 0 Å². The van der Waals surface area contributed by atoms with Gasteiger partial charge in [0, 0.05) is 29.7 Å². The van der Waals surface area contributed by atoms with E-state index in [0.717, 1.165) is 42.6 Å². The van der Waals surface area contributed by atoms with E-state index in [0.29, 0.717) is 28.1 Å². The van der Waals surface area contributed by atoms with Crippen molar-refractivity contribution in [2.45, 2.75) is 46.6 Å². The van der Waals surface area contributed by atoms with Gasteiger partial charge in [0.15, 0.2) is 5.69 Å². The van der Waals surface area contributed by atoms with Gasteiger partial charge >= 0.3 is 5.97 Å². The number of carboxylic acid groups (broad SMARTS) is 1. The molecule has 33 heavy (non-hydrogen) atoms. The SMILES string of the molecule is Cc1cc(C(C)Nc2ccccc2C(=O)O)c2nc(N3CCC(C)(C)CC3)nc(C#N)c2c1. The molecule has 1 aliphatic heterocycles. The first kappa shape index (κ1) is 22.5. The van der Waals surface area contributed by atoms with Crippen molar-refractivity contribution >= 4 is 28.5 Å². The van der Waals surface area contributed by atoms with Crippen molar-refractivity contribution in [2.24, 2.45) is 5.41 Å². The van der Waals surface area contributed by atoms with E-state index in [2.05, 4.69) is 35.1 Å². The van der Waals surface area contributed by atoms with Crippen molar-refractivity contribution in [3.05, 3.63) is 58.8 Å². The predicted octanol–water partition coefficient (Wildman–Crippen LogP) is 5.31. The number of benzene rings is 2. The van der Waals surface area contributed by atoms with E-state index in [1.54, 1.807) is 18.2 Å². The zero-order valence-corrected chi connectivity index (χ0v) is 19.5. The highest BCUT2D eigenvalue weighted by molar-refractivity contribution is 5.94. The lowest BCUT2D eigenvalue weighted by molar-refractivity contribution is 0.0698. The third-order valence-electron chi connectivity index (χ3n) is 6.46. The van der Waals surface area contributed by atoms with E-state index in [1.165, 1.54) is 0 Å². The maximum Gasteiger partial charge on any atom is 0.337 e. The second-order valence-corrected chi connectivity index (χ2v) is 9.60. The first-order chi connectivity index (χ1) is 15.7. The van der Waals surface area contributed by atoms with Crippen LogP contribution in [0.1, 0.15) is 66.8 Å². The smallest absolute Gasteiger partial charge is 0.337 e. The lowest BCUT2D eigenvalue weighted by atomic mass is 9.83. The Labute approximate surface area is 194 Å². The zero-order valence-electron chi connectivity index (χ0n) is 19.5. The number of aryl methyl sites for hydroxylation is 1. The average molecular weight is 444 g/mol. The van der Waals surface area contributed by atoms with Gasteiger partial charge < -0.3 is 15.3 Å². The van der Waals surface area contributed by atoms with Crippen LogP contribution in [-0.4, -0.2) is 34.1 Å². The molecular formula is C26H29N5O2. The molecule has 1 aliphatic rings. The van der Waals surface area contributed by atoms with Crippen molar-refractivity contribution in [3.8, 4) is 6.07 Å². The molecule has 7 nitrogen and oxygen atoms in total. The van der Waals surface area contributed by atoms with Crippen molar-refractivity contribution in [2.75, 3.05) is 23.3 Å². The second-order valence-electron chi connectivity index (χ2n) is 9.60. The third kappa shape index (κ3) is 4.61. The normalized spacial score (nSPS) is 16.3. The predicted molar refractivity (Wildman–Crippen MR) is 130 cm³/mol. The van der Waals surface area contributed by atoms with E-state index in [-0.39, 0.29) is 11.6 Å². The minimum absolute atomic E-state index is 0.213. The van der Waals surface area contributed by atoms with Crippen LogP contribution in [-0.2, 0) is 0 Å². The lowest BCUT2D eigenvalue weighted by Crippen LogP contribution is -2.38. The number of piperidine rings is 1. The van der Waals surface area contributed by atoms with Crippen molar-refractivity contribution in [3.63, 3.8) is 0 Å². The molecule has 7 heteroatoms. The van der Waals surface area contributed by atoms with Crippen LogP contribution in [0.4, 0.5) is 11.6 Å². The van der Waals surface area contributed by atoms with Crippen LogP contribution in [0.2, 0.25) is 0 Å². The molecule has 4 rings (SSSR count). The van der Waals surface area contributed by atoms with Gasteiger partial charge in [-0.3, -0.25) is 0 Å². The van der Waals surface area contributed by atoms with E-state index in [1.807, 2.05) is 32.0 Å². The van der Waals surface area contributed by atoms with Crippen LogP contribution in [0.25, 0.3) is 10.9 Å². The Bertz CT molecular complexity index is 1250.